The van der Waals surface area contributed by atoms with Crippen molar-refractivity contribution in [3.8, 4) is 0 Å². The molecule has 0 aromatic heterocycles. The van der Waals surface area contributed by atoms with Gasteiger partial charge in [-0.05, 0) is 37.0 Å². The largest absolute Gasteiger partial charge is 0.468 e. The monoisotopic (exact) mass is 301 g/mol. The minimum atomic E-state index is -0.918. The van der Waals surface area contributed by atoms with Crippen molar-refractivity contribution in [3.05, 3.63) is 47.3 Å². The van der Waals surface area contributed by atoms with Gasteiger partial charge in [0, 0.05) is 11.8 Å². The van der Waals surface area contributed by atoms with E-state index in [2.05, 4.69) is 23.5 Å². The number of amides is 1. The zero-order chi connectivity index (χ0) is 15.3. The Morgan fingerprint density at radius 1 is 1.50 bits per heavy atom. The van der Waals surface area contributed by atoms with Gasteiger partial charge in [0.05, 0.1) is 17.9 Å². The van der Waals surface area contributed by atoms with Crippen LogP contribution < -0.4 is 5.32 Å². The third-order valence-electron chi connectivity index (χ3n) is 4.88. The highest BCUT2D eigenvalue weighted by Gasteiger charge is 2.47. The average Bonchev–Trinajstić information content (AvgIpc) is 3.10. The third-order valence-corrected chi connectivity index (χ3v) is 4.88. The summed E-state index contributed by atoms with van der Waals surface area (Å²) in [6.07, 6.45) is 10.2. The molecule has 0 spiro atoms. The predicted octanol–water partition coefficient (Wildman–Crippen LogP) is 1.53. The van der Waals surface area contributed by atoms with Crippen molar-refractivity contribution in [2.45, 2.75) is 38.4 Å². The van der Waals surface area contributed by atoms with Gasteiger partial charge in [-0.2, -0.15) is 0 Å². The molecule has 4 aliphatic rings. The Morgan fingerprint density at radius 3 is 3.14 bits per heavy atom. The maximum Gasteiger partial charge on any atom is 0.251 e. The van der Waals surface area contributed by atoms with Crippen LogP contribution in [0.3, 0.4) is 0 Å². The molecule has 2 fully saturated rings. The maximum absolute atomic E-state index is 12.2. The molecule has 22 heavy (non-hydrogen) atoms. The Morgan fingerprint density at radius 2 is 2.36 bits per heavy atom. The smallest absolute Gasteiger partial charge is 0.251 e. The van der Waals surface area contributed by atoms with Gasteiger partial charge in [0.15, 0.2) is 6.29 Å². The molecule has 2 N–H and O–H groups in total. The van der Waals surface area contributed by atoms with E-state index in [9.17, 15) is 9.90 Å². The number of hydrogen-bond acceptors (Lipinski definition) is 4. The van der Waals surface area contributed by atoms with Gasteiger partial charge in [0.2, 0.25) is 6.29 Å². The van der Waals surface area contributed by atoms with E-state index in [0.717, 1.165) is 18.4 Å². The van der Waals surface area contributed by atoms with Gasteiger partial charge >= 0.3 is 0 Å². The van der Waals surface area contributed by atoms with Gasteiger partial charge in [-0.25, -0.2) is 0 Å². The third kappa shape index (κ3) is 2.12. The van der Waals surface area contributed by atoms with Crippen molar-refractivity contribution >= 4 is 5.91 Å². The summed E-state index contributed by atoms with van der Waals surface area (Å²) in [5.41, 5.74) is 2.72. The zero-order valence-electron chi connectivity index (χ0n) is 12.4. The molecule has 5 nitrogen and oxygen atoms in total. The lowest BCUT2D eigenvalue weighted by atomic mass is 9.95. The minimum absolute atomic E-state index is 0.0665. The van der Waals surface area contributed by atoms with Crippen LogP contribution in [-0.2, 0) is 14.3 Å². The van der Waals surface area contributed by atoms with Gasteiger partial charge < -0.3 is 19.9 Å². The predicted molar refractivity (Wildman–Crippen MR) is 79.2 cm³/mol. The van der Waals surface area contributed by atoms with Crippen molar-refractivity contribution in [2.24, 2.45) is 11.8 Å². The van der Waals surface area contributed by atoms with E-state index in [-0.39, 0.29) is 17.9 Å². The molecule has 0 radical (unpaired) electrons. The number of aliphatic hydroxyl groups excluding tert-OH is 1. The lowest BCUT2D eigenvalue weighted by molar-refractivity contribution is -0.154. The fraction of sp³-hybridized carbons (Fsp3) is 0.471. The van der Waals surface area contributed by atoms with Crippen molar-refractivity contribution < 1.29 is 19.4 Å². The topological polar surface area (TPSA) is 67.8 Å². The number of carbonyl (C=O) groups excluding carboxylic acids is 1. The second-order valence-electron chi connectivity index (χ2n) is 6.24. The van der Waals surface area contributed by atoms with E-state index in [1.807, 2.05) is 0 Å². The molecule has 1 saturated carbocycles. The lowest BCUT2D eigenvalue weighted by Gasteiger charge is -2.15. The van der Waals surface area contributed by atoms with Gasteiger partial charge in [0.1, 0.15) is 0 Å². The average molecular weight is 301 g/mol. The molecule has 2 heterocycles. The summed E-state index contributed by atoms with van der Waals surface area (Å²) < 4.78 is 10.8. The van der Waals surface area contributed by atoms with Gasteiger partial charge in [-0.3, -0.25) is 4.79 Å². The number of carbonyl (C=O) groups is 1. The number of rotatable bonds is 2. The second-order valence-corrected chi connectivity index (χ2v) is 6.24. The number of hydrogen-bond donors (Lipinski definition) is 2. The molecule has 116 valence electrons. The molecule has 4 rings (SSSR count). The van der Waals surface area contributed by atoms with E-state index in [1.54, 1.807) is 13.0 Å². The van der Waals surface area contributed by atoms with Crippen LogP contribution in [0, 0.1) is 11.8 Å². The highest BCUT2D eigenvalue weighted by Crippen LogP contribution is 2.45. The Kier molecular flexibility index (Phi) is 3.20. The van der Waals surface area contributed by atoms with E-state index < -0.39 is 12.6 Å². The van der Waals surface area contributed by atoms with Crippen LogP contribution in [0.1, 0.15) is 19.8 Å². The van der Waals surface area contributed by atoms with E-state index in [1.165, 1.54) is 11.8 Å². The first-order valence-electron chi connectivity index (χ1n) is 7.68. The van der Waals surface area contributed by atoms with Crippen LogP contribution in [0.4, 0.5) is 0 Å². The SMILES string of the molecule is CC1=C[C@@H](O/C=C2\C(=O)NC3C4=CCC=CC4CC23)OC1O. The normalized spacial score (nSPS) is 41.1. The lowest BCUT2D eigenvalue weighted by Crippen LogP contribution is -2.28. The molecular formula is C17H19NO4. The quantitative estimate of drug-likeness (QED) is 0.461. The molecule has 0 aromatic rings. The number of allylic oxidation sites excluding steroid dienone is 3. The number of ether oxygens (including phenoxy) is 2. The molecule has 2 aliphatic heterocycles. The summed E-state index contributed by atoms with van der Waals surface area (Å²) in [7, 11) is 0. The van der Waals surface area contributed by atoms with Crippen LogP contribution in [0.5, 0.6) is 0 Å². The Bertz CT molecular complexity index is 631. The number of aliphatic hydroxyl groups is 1. The van der Waals surface area contributed by atoms with Gasteiger partial charge in [-0.15, -0.1) is 0 Å². The molecule has 4 unspecified atom stereocenters. The highest BCUT2D eigenvalue weighted by atomic mass is 16.7. The van der Waals surface area contributed by atoms with Crippen molar-refractivity contribution in [1.82, 2.24) is 5.32 Å². The van der Waals surface area contributed by atoms with Crippen LogP contribution in [0.25, 0.3) is 0 Å². The second kappa shape index (κ2) is 5.11. The summed E-state index contributed by atoms with van der Waals surface area (Å²) in [5.74, 6) is 0.519. The van der Waals surface area contributed by atoms with Gasteiger partial charge in [0.25, 0.3) is 5.91 Å². The summed E-state index contributed by atoms with van der Waals surface area (Å²) in [6.45, 7) is 1.78. The maximum atomic E-state index is 12.2. The van der Waals surface area contributed by atoms with Crippen LogP contribution in [-0.4, -0.2) is 29.6 Å². The highest BCUT2D eigenvalue weighted by molar-refractivity contribution is 5.97. The molecule has 1 amide bonds. The first kappa shape index (κ1) is 13.8. The fourth-order valence-electron chi connectivity index (χ4n) is 3.73. The zero-order valence-corrected chi connectivity index (χ0v) is 12.4. The summed E-state index contributed by atoms with van der Waals surface area (Å²) in [4.78, 5) is 12.2. The van der Waals surface area contributed by atoms with E-state index >= 15 is 0 Å². The summed E-state index contributed by atoms with van der Waals surface area (Å²) >= 11 is 0. The molecular weight excluding hydrogens is 282 g/mol. The molecule has 2 aliphatic carbocycles. The first-order chi connectivity index (χ1) is 10.6. The van der Waals surface area contributed by atoms with Crippen molar-refractivity contribution in [1.29, 1.82) is 0 Å². The van der Waals surface area contributed by atoms with Crippen molar-refractivity contribution in [2.75, 3.05) is 0 Å². The standard InChI is InChI=1S/C17H19NO4/c1-9-6-14(22-17(9)20)21-8-13-12-7-10-4-2-3-5-11(10)15(12)18-16(13)19/h2,4-6,8,10,12,14-15,17,20H,3,7H2,1H3,(H,18,19)/b13-8-/t10?,12?,14-,15?,17?/m0/s1. The molecule has 5 heteroatoms. The van der Waals surface area contributed by atoms with E-state index in [4.69, 9.17) is 9.47 Å². The van der Waals surface area contributed by atoms with E-state index in [0.29, 0.717) is 11.5 Å². The fourth-order valence-corrected chi connectivity index (χ4v) is 3.73. The molecule has 1 saturated heterocycles. The Labute approximate surface area is 129 Å². The first-order valence-corrected chi connectivity index (χ1v) is 7.68. The van der Waals surface area contributed by atoms with Crippen molar-refractivity contribution in [3.63, 3.8) is 0 Å². The number of fused-ring (bicyclic) bond motifs is 3. The summed E-state index contributed by atoms with van der Waals surface area (Å²) in [6, 6.07) is 0.102. The molecule has 0 aromatic carbocycles. The Balaban J connectivity index is 1.51. The van der Waals surface area contributed by atoms with Crippen LogP contribution >= 0.6 is 0 Å². The van der Waals surface area contributed by atoms with Crippen LogP contribution in [0.2, 0.25) is 0 Å². The molecule has 5 atom stereocenters. The molecule has 0 bridgehead atoms. The van der Waals surface area contributed by atoms with Crippen LogP contribution in [0.15, 0.2) is 47.3 Å². The number of nitrogens with one attached hydrogen (secondary N) is 1. The minimum Gasteiger partial charge on any atom is -0.468 e. The Hall–Kier alpha value is -1.85. The van der Waals surface area contributed by atoms with Gasteiger partial charge in [-0.1, -0.05) is 18.2 Å². The summed E-state index contributed by atoms with van der Waals surface area (Å²) in [5, 5.41) is 12.6.